The molecule has 3 amide bonds. The Morgan fingerprint density at radius 1 is 1.06 bits per heavy atom. The van der Waals surface area contributed by atoms with Gasteiger partial charge in [-0.2, -0.15) is 0 Å². The van der Waals surface area contributed by atoms with Crippen LogP contribution in [0, 0.1) is 6.92 Å². The second-order valence-corrected chi connectivity index (χ2v) is 9.89. The number of nitrogens with one attached hydrogen (secondary N) is 2. The van der Waals surface area contributed by atoms with Crippen molar-refractivity contribution in [3.63, 3.8) is 0 Å². The molecule has 0 aromatic heterocycles. The molecule has 2 N–H and O–H groups in total. The van der Waals surface area contributed by atoms with E-state index in [1.807, 2.05) is 52.0 Å². The van der Waals surface area contributed by atoms with Gasteiger partial charge in [-0.05, 0) is 66.9 Å². The van der Waals surface area contributed by atoms with Crippen molar-refractivity contribution < 1.29 is 19.1 Å². The number of alkyl carbamates (subject to hydrolysis) is 1. The number of carbonyl (C=O) groups excluding carboxylic acids is 3. The zero-order valence-corrected chi connectivity index (χ0v) is 21.8. The lowest BCUT2D eigenvalue weighted by molar-refractivity contribution is -0.145. The third-order valence-electron chi connectivity index (χ3n) is 5.42. The Kier molecular flexibility index (Phi) is 10.9. The highest BCUT2D eigenvalue weighted by atomic mass is 16.6. The van der Waals surface area contributed by atoms with Crippen molar-refractivity contribution in [3.8, 4) is 0 Å². The maximum absolute atomic E-state index is 13.6. The van der Waals surface area contributed by atoms with Crippen LogP contribution in [0.2, 0.25) is 0 Å². The van der Waals surface area contributed by atoms with Gasteiger partial charge in [0.15, 0.2) is 0 Å². The van der Waals surface area contributed by atoms with E-state index in [0.717, 1.165) is 24.0 Å². The van der Waals surface area contributed by atoms with Gasteiger partial charge in [-0.1, -0.05) is 50.1 Å². The average Bonchev–Trinajstić information content (AvgIpc) is 2.69. The Hall–Kier alpha value is -2.57. The Balaban J connectivity index is 3.34. The minimum absolute atomic E-state index is 0.0130. The van der Waals surface area contributed by atoms with Gasteiger partial charge in [0, 0.05) is 12.1 Å². The number of aryl methyl sites for hydroxylation is 1. The lowest BCUT2D eigenvalue weighted by atomic mass is 9.98. The first-order valence-electron chi connectivity index (χ1n) is 12.0. The molecule has 1 rings (SSSR count). The molecule has 0 aliphatic heterocycles. The van der Waals surface area contributed by atoms with Gasteiger partial charge in [0.1, 0.15) is 17.7 Å². The van der Waals surface area contributed by atoms with E-state index in [1.165, 1.54) is 0 Å². The average molecular weight is 462 g/mol. The number of ether oxygens (including phenoxy) is 1. The molecule has 0 aliphatic carbocycles. The molecule has 0 radical (unpaired) electrons. The normalized spacial score (nSPS) is 15.1. The van der Waals surface area contributed by atoms with Gasteiger partial charge in [0.2, 0.25) is 11.8 Å². The molecule has 7 nitrogen and oxygen atoms in total. The Bertz CT molecular complexity index is 803. The molecule has 0 fully saturated rings. The van der Waals surface area contributed by atoms with Crippen LogP contribution in [0.4, 0.5) is 4.79 Å². The summed E-state index contributed by atoms with van der Waals surface area (Å²) in [7, 11) is 0. The van der Waals surface area contributed by atoms with Crippen LogP contribution in [0.3, 0.4) is 0 Å². The quantitative estimate of drug-likeness (QED) is 0.520. The summed E-state index contributed by atoms with van der Waals surface area (Å²) in [4.78, 5) is 41.0. The molecular formula is C26H43N3O4. The van der Waals surface area contributed by atoms with Crippen LogP contribution in [-0.2, 0) is 14.3 Å². The zero-order valence-electron chi connectivity index (χ0n) is 21.8. The predicted molar refractivity (Wildman–Crippen MR) is 132 cm³/mol. The molecule has 0 spiro atoms. The van der Waals surface area contributed by atoms with Crippen LogP contribution in [0.25, 0.3) is 0 Å². The van der Waals surface area contributed by atoms with Crippen LogP contribution in [0.1, 0.15) is 91.8 Å². The largest absolute Gasteiger partial charge is 0.444 e. The van der Waals surface area contributed by atoms with Crippen molar-refractivity contribution in [2.24, 2.45) is 0 Å². The molecular weight excluding hydrogens is 418 g/mol. The van der Waals surface area contributed by atoms with E-state index < -0.39 is 23.8 Å². The molecule has 1 aromatic rings. The van der Waals surface area contributed by atoms with E-state index in [1.54, 1.807) is 32.6 Å². The maximum atomic E-state index is 13.6. The molecule has 0 saturated carbocycles. The Morgan fingerprint density at radius 3 is 2.21 bits per heavy atom. The third-order valence-corrected chi connectivity index (χ3v) is 5.42. The number of benzene rings is 1. The number of amides is 3. The lowest BCUT2D eigenvalue weighted by Gasteiger charge is -2.38. The van der Waals surface area contributed by atoms with Crippen LogP contribution in [0.5, 0.6) is 0 Å². The lowest BCUT2D eigenvalue weighted by Crippen LogP contribution is -2.55. The SMILES string of the molecule is CCCC(C)NC(=O)C(c1cccc(C)c1)N(C(=O)C(C)NC(=O)OC(C)(C)C)C(C)CC. The standard InChI is InChI=1S/C26H43N3O4/c1-10-13-18(4)27-23(30)22(21-15-12-14-17(3)16-21)29(19(5)11-2)24(31)20(6)28-25(32)33-26(7,8)9/h12,14-16,18-20,22H,10-11,13H2,1-9H3,(H,27,30)(H,28,32). The molecule has 1 aromatic carbocycles. The maximum Gasteiger partial charge on any atom is 0.408 e. The zero-order chi connectivity index (χ0) is 25.3. The highest BCUT2D eigenvalue weighted by Gasteiger charge is 2.37. The van der Waals surface area contributed by atoms with E-state index in [4.69, 9.17) is 4.74 Å². The fourth-order valence-electron chi connectivity index (χ4n) is 3.67. The van der Waals surface area contributed by atoms with Crippen LogP contribution >= 0.6 is 0 Å². The highest BCUT2D eigenvalue weighted by molar-refractivity contribution is 5.92. The van der Waals surface area contributed by atoms with E-state index in [9.17, 15) is 14.4 Å². The molecule has 0 heterocycles. The molecule has 7 heteroatoms. The monoisotopic (exact) mass is 461 g/mol. The van der Waals surface area contributed by atoms with Crippen molar-refractivity contribution >= 4 is 17.9 Å². The summed E-state index contributed by atoms with van der Waals surface area (Å²) in [6, 6.07) is 5.75. The Morgan fingerprint density at radius 2 is 1.70 bits per heavy atom. The summed E-state index contributed by atoms with van der Waals surface area (Å²) in [5.41, 5.74) is 1.07. The van der Waals surface area contributed by atoms with E-state index in [0.29, 0.717) is 6.42 Å². The summed E-state index contributed by atoms with van der Waals surface area (Å²) in [5, 5.41) is 5.71. The van der Waals surface area contributed by atoms with Gasteiger partial charge in [0.25, 0.3) is 0 Å². The first-order valence-corrected chi connectivity index (χ1v) is 12.0. The molecule has 0 saturated heterocycles. The number of hydrogen-bond acceptors (Lipinski definition) is 4. The number of hydrogen-bond donors (Lipinski definition) is 2. The smallest absolute Gasteiger partial charge is 0.408 e. The molecule has 0 bridgehead atoms. The van der Waals surface area contributed by atoms with Crippen molar-refractivity contribution in [1.29, 1.82) is 0 Å². The molecule has 186 valence electrons. The van der Waals surface area contributed by atoms with E-state index >= 15 is 0 Å². The summed E-state index contributed by atoms with van der Waals surface area (Å²) in [6.07, 6.45) is 1.78. The number of carbonyl (C=O) groups is 3. The Labute approximate surface area is 199 Å². The summed E-state index contributed by atoms with van der Waals surface area (Å²) in [6.45, 7) is 16.8. The molecule has 4 unspecified atom stereocenters. The van der Waals surface area contributed by atoms with Crippen molar-refractivity contribution in [3.05, 3.63) is 35.4 Å². The minimum atomic E-state index is -0.859. The van der Waals surface area contributed by atoms with Crippen LogP contribution < -0.4 is 10.6 Å². The minimum Gasteiger partial charge on any atom is -0.444 e. The fraction of sp³-hybridized carbons (Fsp3) is 0.654. The second kappa shape index (κ2) is 12.6. The summed E-state index contributed by atoms with van der Waals surface area (Å²) >= 11 is 0. The van der Waals surface area contributed by atoms with Crippen molar-refractivity contribution in [2.45, 2.75) is 111 Å². The van der Waals surface area contributed by atoms with Gasteiger partial charge in [-0.25, -0.2) is 4.79 Å². The number of nitrogens with zero attached hydrogens (tertiary/aromatic N) is 1. The first kappa shape index (κ1) is 28.5. The highest BCUT2D eigenvalue weighted by Crippen LogP contribution is 2.27. The fourth-order valence-corrected chi connectivity index (χ4v) is 3.67. The van der Waals surface area contributed by atoms with Crippen LogP contribution in [-0.4, -0.2) is 46.5 Å². The van der Waals surface area contributed by atoms with Gasteiger partial charge in [-0.3, -0.25) is 9.59 Å². The van der Waals surface area contributed by atoms with Gasteiger partial charge >= 0.3 is 6.09 Å². The second-order valence-electron chi connectivity index (χ2n) is 9.89. The van der Waals surface area contributed by atoms with Crippen LogP contribution in [0.15, 0.2) is 24.3 Å². The van der Waals surface area contributed by atoms with Gasteiger partial charge < -0.3 is 20.3 Å². The van der Waals surface area contributed by atoms with Crippen molar-refractivity contribution in [2.75, 3.05) is 0 Å². The summed E-state index contributed by atoms with van der Waals surface area (Å²) in [5.74, 6) is -0.556. The van der Waals surface area contributed by atoms with E-state index in [-0.39, 0.29) is 23.9 Å². The van der Waals surface area contributed by atoms with Gasteiger partial charge in [0.05, 0.1) is 0 Å². The third kappa shape index (κ3) is 9.06. The molecule has 33 heavy (non-hydrogen) atoms. The first-order chi connectivity index (χ1) is 15.3. The van der Waals surface area contributed by atoms with Crippen molar-refractivity contribution in [1.82, 2.24) is 15.5 Å². The topological polar surface area (TPSA) is 87.7 Å². The molecule has 4 atom stereocenters. The predicted octanol–water partition coefficient (Wildman–Crippen LogP) is 4.88. The number of rotatable bonds is 10. The van der Waals surface area contributed by atoms with E-state index in [2.05, 4.69) is 17.6 Å². The van der Waals surface area contributed by atoms with Gasteiger partial charge in [-0.15, -0.1) is 0 Å². The summed E-state index contributed by atoms with van der Waals surface area (Å²) < 4.78 is 5.31. The molecule has 0 aliphatic rings.